The van der Waals surface area contributed by atoms with Crippen molar-refractivity contribution in [2.45, 2.75) is 0 Å². The van der Waals surface area contributed by atoms with E-state index in [4.69, 9.17) is 27.9 Å². The van der Waals surface area contributed by atoms with Gasteiger partial charge in [0.25, 0.3) is 11.8 Å². The van der Waals surface area contributed by atoms with Crippen molar-refractivity contribution in [1.29, 1.82) is 0 Å². The van der Waals surface area contributed by atoms with Crippen molar-refractivity contribution in [3.63, 3.8) is 0 Å². The van der Waals surface area contributed by atoms with Crippen LogP contribution in [0.5, 0.6) is 5.75 Å². The number of piperazine rings is 1. The number of nitrogens with zero attached hydrogens (tertiary/aromatic N) is 2. The molecule has 2 aromatic rings. The Morgan fingerprint density at radius 3 is 2.29 bits per heavy atom. The molecule has 0 saturated carbocycles. The lowest BCUT2D eigenvalue weighted by Crippen LogP contribution is -2.47. The van der Waals surface area contributed by atoms with E-state index in [1.165, 1.54) is 13.2 Å². The number of likely N-dealkylation sites (N-methyl/N-ethyl adjacent to an activating group) is 1. The molecule has 148 valence electrons. The molecule has 1 heterocycles. The number of nitrogens with one attached hydrogen (secondary N) is 1. The number of amides is 2. The molecule has 3 rings (SSSR count). The Labute approximate surface area is 174 Å². The number of methoxy groups -OCH3 is 1. The molecule has 0 spiro atoms. The number of benzene rings is 2. The van der Waals surface area contributed by atoms with Gasteiger partial charge in [-0.05, 0) is 43.4 Å². The average Bonchev–Trinajstić information content (AvgIpc) is 2.69. The van der Waals surface area contributed by atoms with E-state index in [0.29, 0.717) is 45.7 Å². The van der Waals surface area contributed by atoms with Crippen LogP contribution in [-0.4, -0.2) is 62.0 Å². The van der Waals surface area contributed by atoms with Crippen LogP contribution in [0, 0.1) is 0 Å². The van der Waals surface area contributed by atoms with Crippen LogP contribution < -0.4 is 10.1 Å². The van der Waals surface area contributed by atoms with Gasteiger partial charge in [0.15, 0.2) is 0 Å². The summed E-state index contributed by atoms with van der Waals surface area (Å²) in [7, 11) is 3.53. The fourth-order valence-electron chi connectivity index (χ4n) is 2.95. The van der Waals surface area contributed by atoms with Crippen LogP contribution in [0.4, 0.5) is 5.69 Å². The number of carbonyl (C=O) groups excluding carboxylic acids is 2. The molecule has 2 amide bonds. The van der Waals surface area contributed by atoms with Gasteiger partial charge in [0, 0.05) is 37.3 Å². The summed E-state index contributed by atoms with van der Waals surface area (Å²) >= 11 is 12.3. The summed E-state index contributed by atoms with van der Waals surface area (Å²) < 4.78 is 5.09. The highest BCUT2D eigenvalue weighted by atomic mass is 35.5. The number of ether oxygens (including phenoxy) is 1. The summed E-state index contributed by atoms with van der Waals surface area (Å²) in [4.78, 5) is 29.3. The highest BCUT2D eigenvalue weighted by Gasteiger charge is 2.21. The van der Waals surface area contributed by atoms with Crippen molar-refractivity contribution >= 4 is 40.7 Å². The number of rotatable bonds is 4. The highest BCUT2D eigenvalue weighted by molar-refractivity contribution is 6.34. The van der Waals surface area contributed by atoms with Gasteiger partial charge < -0.3 is 19.9 Å². The lowest BCUT2D eigenvalue weighted by atomic mass is 10.1. The molecular weight excluding hydrogens is 401 g/mol. The third-order valence-electron chi connectivity index (χ3n) is 4.67. The highest BCUT2D eigenvalue weighted by Crippen LogP contribution is 2.27. The normalized spacial score (nSPS) is 14.6. The molecule has 0 unspecified atom stereocenters. The summed E-state index contributed by atoms with van der Waals surface area (Å²) in [5.41, 5.74) is 1.22. The Hall–Kier alpha value is -2.28. The molecule has 1 saturated heterocycles. The van der Waals surface area contributed by atoms with E-state index in [9.17, 15) is 9.59 Å². The number of hydrogen-bond acceptors (Lipinski definition) is 4. The SMILES string of the molecule is COc1ccc(C(=O)Nc2cc(C(=O)N3CCN(C)CC3)ccc2Cl)cc1Cl. The first kappa shape index (κ1) is 20.5. The van der Waals surface area contributed by atoms with Crippen LogP contribution >= 0.6 is 23.2 Å². The third kappa shape index (κ3) is 4.58. The fourth-order valence-corrected chi connectivity index (χ4v) is 3.37. The lowest BCUT2D eigenvalue weighted by Gasteiger charge is -2.32. The molecule has 8 heteroatoms. The minimum absolute atomic E-state index is 0.0762. The van der Waals surface area contributed by atoms with Gasteiger partial charge in [-0.3, -0.25) is 9.59 Å². The molecule has 1 aliphatic rings. The summed E-state index contributed by atoms with van der Waals surface area (Å²) in [6, 6.07) is 9.62. The number of carbonyl (C=O) groups is 2. The van der Waals surface area contributed by atoms with Crippen LogP contribution in [0.3, 0.4) is 0 Å². The largest absolute Gasteiger partial charge is 0.495 e. The zero-order valence-electron chi connectivity index (χ0n) is 15.7. The molecule has 0 aromatic heterocycles. The molecular formula is C20H21Cl2N3O3. The van der Waals surface area contributed by atoms with Crippen LogP contribution in [0.25, 0.3) is 0 Å². The lowest BCUT2D eigenvalue weighted by molar-refractivity contribution is 0.0664. The molecule has 2 aromatic carbocycles. The van der Waals surface area contributed by atoms with Gasteiger partial charge in [-0.1, -0.05) is 23.2 Å². The fraction of sp³-hybridized carbons (Fsp3) is 0.300. The Balaban J connectivity index is 1.77. The topological polar surface area (TPSA) is 61.9 Å². The number of anilines is 1. The maximum Gasteiger partial charge on any atom is 0.255 e. The standard InChI is InChI=1S/C20H21Cl2N3O3/c1-24-7-9-25(10-8-24)20(27)14-3-5-15(21)17(12-14)23-19(26)13-4-6-18(28-2)16(22)11-13/h3-6,11-12H,7-10H2,1-2H3,(H,23,26). The molecule has 0 radical (unpaired) electrons. The molecule has 1 fully saturated rings. The predicted molar refractivity (Wildman–Crippen MR) is 111 cm³/mol. The van der Waals surface area contributed by atoms with Crippen LogP contribution in [0.1, 0.15) is 20.7 Å². The van der Waals surface area contributed by atoms with Gasteiger partial charge in [0.05, 0.1) is 22.8 Å². The average molecular weight is 422 g/mol. The quantitative estimate of drug-likeness (QED) is 0.818. The molecule has 28 heavy (non-hydrogen) atoms. The zero-order chi connectivity index (χ0) is 20.3. The Kier molecular flexibility index (Phi) is 6.44. The Morgan fingerprint density at radius 1 is 0.964 bits per heavy atom. The monoisotopic (exact) mass is 421 g/mol. The predicted octanol–water partition coefficient (Wildman–Crippen LogP) is 3.64. The van der Waals surface area contributed by atoms with Crippen molar-refractivity contribution in [2.75, 3.05) is 45.7 Å². The van der Waals surface area contributed by atoms with Crippen molar-refractivity contribution < 1.29 is 14.3 Å². The molecule has 0 atom stereocenters. The first-order chi connectivity index (χ1) is 13.4. The third-order valence-corrected chi connectivity index (χ3v) is 5.29. The van der Waals surface area contributed by atoms with Crippen molar-refractivity contribution in [3.8, 4) is 5.75 Å². The van der Waals surface area contributed by atoms with E-state index in [0.717, 1.165) is 13.1 Å². The van der Waals surface area contributed by atoms with Gasteiger partial charge in [0.1, 0.15) is 5.75 Å². The van der Waals surface area contributed by atoms with Crippen LogP contribution in [0.15, 0.2) is 36.4 Å². The maximum atomic E-state index is 12.8. The molecule has 0 bridgehead atoms. The van der Waals surface area contributed by atoms with E-state index in [1.54, 1.807) is 35.2 Å². The summed E-state index contributed by atoms with van der Waals surface area (Å²) in [5, 5.41) is 3.43. The number of halogens is 2. The first-order valence-corrected chi connectivity index (χ1v) is 9.57. The smallest absolute Gasteiger partial charge is 0.255 e. The van der Waals surface area contributed by atoms with Crippen LogP contribution in [-0.2, 0) is 0 Å². The minimum atomic E-state index is -0.379. The first-order valence-electron chi connectivity index (χ1n) is 8.81. The van der Waals surface area contributed by atoms with Gasteiger partial charge in [-0.15, -0.1) is 0 Å². The Bertz CT molecular complexity index is 896. The molecule has 1 aliphatic heterocycles. The van der Waals surface area contributed by atoms with Crippen LogP contribution in [0.2, 0.25) is 10.0 Å². The minimum Gasteiger partial charge on any atom is -0.495 e. The second-order valence-corrected chi connectivity index (χ2v) is 7.41. The van der Waals surface area contributed by atoms with Crippen molar-refractivity contribution in [1.82, 2.24) is 9.80 Å². The van der Waals surface area contributed by atoms with Gasteiger partial charge >= 0.3 is 0 Å². The second-order valence-electron chi connectivity index (χ2n) is 6.59. The van der Waals surface area contributed by atoms with Gasteiger partial charge in [0.2, 0.25) is 0 Å². The summed E-state index contributed by atoms with van der Waals surface area (Å²) in [6.07, 6.45) is 0. The van der Waals surface area contributed by atoms with E-state index in [1.807, 2.05) is 7.05 Å². The summed E-state index contributed by atoms with van der Waals surface area (Å²) in [5.74, 6) is 0.0272. The van der Waals surface area contributed by atoms with Gasteiger partial charge in [-0.2, -0.15) is 0 Å². The molecule has 0 aliphatic carbocycles. The van der Waals surface area contributed by atoms with E-state index >= 15 is 0 Å². The van der Waals surface area contributed by atoms with E-state index in [2.05, 4.69) is 10.2 Å². The Morgan fingerprint density at radius 2 is 1.64 bits per heavy atom. The van der Waals surface area contributed by atoms with Gasteiger partial charge in [-0.25, -0.2) is 0 Å². The number of hydrogen-bond donors (Lipinski definition) is 1. The van der Waals surface area contributed by atoms with E-state index < -0.39 is 0 Å². The van der Waals surface area contributed by atoms with Crippen molar-refractivity contribution in [2.24, 2.45) is 0 Å². The second kappa shape index (κ2) is 8.82. The molecule has 1 N–H and O–H groups in total. The summed E-state index contributed by atoms with van der Waals surface area (Å²) in [6.45, 7) is 3.01. The van der Waals surface area contributed by atoms with E-state index in [-0.39, 0.29) is 11.8 Å². The van der Waals surface area contributed by atoms with Crippen molar-refractivity contribution in [3.05, 3.63) is 57.6 Å². The maximum absolute atomic E-state index is 12.8. The molecule has 6 nitrogen and oxygen atoms in total. The zero-order valence-corrected chi connectivity index (χ0v) is 17.2.